The zero-order valence-corrected chi connectivity index (χ0v) is 10.4. The molecule has 0 heterocycles. The predicted octanol–water partition coefficient (Wildman–Crippen LogP) is 0.168. The van der Waals surface area contributed by atoms with Gasteiger partial charge < -0.3 is 10.2 Å². The number of hydrogen-bond acceptors (Lipinski definition) is 4. The van der Waals surface area contributed by atoms with Crippen molar-refractivity contribution in [2.75, 3.05) is 19.5 Å². The second-order valence-corrected chi connectivity index (χ2v) is 6.85. The molecule has 0 aromatic heterocycles. The van der Waals surface area contributed by atoms with E-state index in [-0.39, 0.29) is 19.1 Å². The van der Waals surface area contributed by atoms with E-state index in [1.54, 1.807) is 0 Å². The van der Waals surface area contributed by atoms with Crippen molar-refractivity contribution in [2.24, 2.45) is 5.41 Å². The van der Waals surface area contributed by atoms with Crippen LogP contribution < -0.4 is 0 Å². The first-order valence-electron chi connectivity index (χ1n) is 5.43. The lowest BCUT2D eigenvalue weighted by atomic mass is 10.0. The second kappa shape index (κ2) is 4.08. The summed E-state index contributed by atoms with van der Waals surface area (Å²) in [5.41, 5.74) is -0.0689. The normalized spacial score (nSPS) is 26.8. The Morgan fingerprint density at radius 2 is 1.71 bits per heavy atom. The Balaban J connectivity index is 2.42. The molecule has 0 spiro atoms. The monoisotopic (exact) mass is 256 g/mol. The third-order valence-electron chi connectivity index (χ3n) is 3.59. The average Bonchev–Trinajstić information content (AvgIpc) is 3.00. The maximum atomic E-state index is 11.7. The van der Waals surface area contributed by atoms with Gasteiger partial charge in [0.1, 0.15) is 0 Å². The molecule has 1 saturated carbocycles. The number of aliphatic hydroxyl groups excluding tert-OH is 2. The van der Waals surface area contributed by atoms with Gasteiger partial charge in [0.25, 0.3) is 0 Å². The summed E-state index contributed by atoms with van der Waals surface area (Å²) in [6, 6.07) is 9.16. The smallest absolute Gasteiger partial charge is 0.151 e. The van der Waals surface area contributed by atoms with E-state index in [1.165, 1.54) is 0 Å². The highest BCUT2D eigenvalue weighted by Crippen LogP contribution is 2.62. The van der Waals surface area contributed by atoms with Gasteiger partial charge in [-0.3, -0.25) is 0 Å². The van der Waals surface area contributed by atoms with Crippen molar-refractivity contribution in [1.82, 2.24) is 0 Å². The molecule has 0 unspecified atom stereocenters. The minimum atomic E-state index is -3.28. The molecule has 1 fully saturated rings. The van der Waals surface area contributed by atoms with Crippen LogP contribution in [0, 0.1) is 5.41 Å². The number of rotatable bonds is 4. The van der Waals surface area contributed by atoms with Gasteiger partial charge in [-0.25, -0.2) is 8.42 Å². The summed E-state index contributed by atoms with van der Waals surface area (Å²) in [4.78, 5) is 0. The van der Waals surface area contributed by atoms with Crippen LogP contribution in [0.4, 0.5) is 0 Å². The summed E-state index contributed by atoms with van der Waals surface area (Å²) in [6.45, 7) is -0.637. The lowest BCUT2D eigenvalue weighted by Gasteiger charge is -2.10. The standard InChI is InChI=1S/C12H16O4S/c1-17(15,16)11-10(12(11,7-13)8-14)9-5-3-2-4-6-9/h2-6,10-11,13-14H,7-8H2,1H3/t10-,11-/m0/s1. The Kier molecular flexibility index (Phi) is 3.01. The summed E-state index contributed by atoms with van der Waals surface area (Å²) in [6.07, 6.45) is 1.15. The van der Waals surface area contributed by atoms with Gasteiger partial charge in [0.05, 0.1) is 18.5 Å². The van der Waals surface area contributed by atoms with Crippen molar-refractivity contribution in [2.45, 2.75) is 11.2 Å². The first-order chi connectivity index (χ1) is 7.97. The van der Waals surface area contributed by atoms with Crippen molar-refractivity contribution < 1.29 is 18.6 Å². The molecule has 4 nitrogen and oxygen atoms in total. The molecule has 1 aliphatic carbocycles. The van der Waals surface area contributed by atoms with E-state index in [9.17, 15) is 18.6 Å². The third-order valence-corrected chi connectivity index (χ3v) is 5.25. The number of aliphatic hydroxyl groups is 2. The molecule has 0 bridgehead atoms. The Morgan fingerprint density at radius 1 is 1.18 bits per heavy atom. The van der Waals surface area contributed by atoms with Gasteiger partial charge in [-0.15, -0.1) is 0 Å². The summed E-state index contributed by atoms with van der Waals surface area (Å²) in [5.74, 6) is -0.311. The van der Waals surface area contributed by atoms with Gasteiger partial charge in [0, 0.05) is 17.6 Å². The molecule has 1 aromatic carbocycles. The zero-order valence-electron chi connectivity index (χ0n) is 9.57. The van der Waals surface area contributed by atoms with Crippen molar-refractivity contribution in [3.63, 3.8) is 0 Å². The molecule has 1 aromatic rings. The molecule has 2 N–H and O–H groups in total. The molecule has 5 heteroatoms. The van der Waals surface area contributed by atoms with Crippen LogP contribution in [0.1, 0.15) is 11.5 Å². The molecule has 0 saturated heterocycles. The predicted molar refractivity (Wildman–Crippen MR) is 64.4 cm³/mol. The van der Waals surface area contributed by atoms with Gasteiger partial charge in [-0.2, -0.15) is 0 Å². The maximum Gasteiger partial charge on any atom is 0.151 e. The molecule has 1 aliphatic rings. The lowest BCUT2D eigenvalue weighted by Crippen LogP contribution is -2.22. The van der Waals surface area contributed by atoms with Crippen LogP contribution in [-0.2, 0) is 9.84 Å². The fourth-order valence-electron chi connectivity index (χ4n) is 2.72. The maximum absolute atomic E-state index is 11.7. The Hall–Kier alpha value is -0.910. The highest BCUT2D eigenvalue weighted by molar-refractivity contribution is 7.91. The van der Waals surface area contributed by atoms with Crippen LogP contribution in [0.3, 0.4) is 0 Å². The van der Waals surface area contributed by atoms with Gasteiger partial charge in [0.15, 0.2) is 9.84 Å². The van der Waals surface area contributed by atoms with Crippen molar-refractivity contribution >= 4 is 9.84 Å². The van der Waals surface area contributed by atoms with Crippen LogP contribution in [-0.4, -0.2) is 43.4 Å². The van der Waals surface area contributed by atoms with Crippen LogP contribution in [0.15, 0.2) is 30.3 Å². The van der Waals surface area contributed by atoms with Crippen LogP contribution in [0.25, 0.3) is 0 Å². The Bertz CT molecular complexity index is 490. The fraction of sp³-hybridized carbons (Fsp3) is 0.500. The lowest BCUT2D eigenvalue weighted by molar-refractivity contribution is 0.130. The number of hydrogen-bond donors (Lipinski definition) is 2. The highest BCUT2D eigenvalue weighted by Gasteiger charge is 2.69. The minimum absolute atomic E-state index is 0.311. The number of sulfone groups is 1. The first kappa shape index (κ1) is 12.5. The summed E-state index contributed by atoms with van der Waals surface area (Å²) < 4.78 is 23.4. The largest absolute Gasteiger partial charge is 0.396 e. The average molecular weight is 256 g/mol. The van der Waals surface area contributed by atoms with Gasteiger partial charge in [-0.1, -0.05) is 30.3 Å². The molecule has 0 radical (unpaired) electrons. The van der Waals surface area contributed by atoms with Crippen molar-refractivity contribution in [3.8, 4) is 0 Å². The van der Waals surface area contributed by atoms with E-state index in [1.807, 2.05) is 30.3 Å². The van der Waals surface area contributed by atoms with Gasteiger partial charge >= 0.3 is 0 Å². The van der Waals surface area contributed by atoms with Crippen molar-refractivity contribution in [1.29, 1.82) is 0 Å². The summed E-state index contributed by atoms with van der Waals surface area (Å²) >= 11 is 0. The van der Waals surface area contributed by atoms with E-state index in [4.69, 9.17) is 0 Å². The Morgan fingerprint density at radius 3 is 2.06 bits per heavy atom. The van der Waals surface area contributed by atoms with Crippen LogP contribution in [0.2, 0.25) is 0 Å². The van der Waals surface area contributed by atoms with E-state index in [0.717, 1.165) is 11.8 Å². The molecule has 2 rings (SSSR count). The van der Waals surface area contributed by atoms with E-state index < -0.39 is 20.5 Å². The molecule has 17 heavy (non-hydrogen) atoms. The molecule has 0 amide bonds. The minimum Gasteiger partial charge on any atom is -0.396 e. The van der Waals surface area contributed by atoms with Gasteiger partial charge in [0.2, 0.25) is 0 Å². The van der Waals surface area contributed by atoms with Crippen molar-refractivity contribution in [3.05, 3.63) is 35.9 Å². The third kappa shape index (κ3) is 1.88. The molecule has 94 valence electrons. The first-order valence-corrected chi connectivity index (χ1v) is 7.38. The number of benzene rings is 1. The summed E-state index contributed by atoms with van der Waals surface area (Å²) in [7, 11) is -3.28. The quantitative estimate of drug-likeness (QED) is 0.805. The topological polar surface area (TPSA) is 74.6 Å². The van der Waals surface area contributed by atoms with E-state index in [0.29, 0.717) is 0 Å². The zero-order chi connectivity index (χ0) is 12.7. The van der Waals surface area contributed by atoms with E-state index >= 15 is 0 Å². The van der Waals surface area contributed by atoms with Crippen LogP contribution >= 0.6 is 0 Å². The Labute approximate surface area is 101 Å². The van der Waals surface area contributed by atoms with Gasteiger partial charge in [-0.05, 0) is 5.56 Å². The molecular weight excluding hydrogens is 240 g/mol. The van der Waals surface area contributed by atoms with E-state index in [2.05, 4.69) is 0 Å². The summed E-state index contributed by atoms with van der Waals surface area (Å²) in [5, 5.41) is 18.1. The fourth-order valence-corrected chi connectivity index (χ4v) is 4.71. The molecule has 2 atom stereocenters. The molecule has 0 aliphatic heterocycles. The highest BCUT2D eigenvalue weighted by atomic mass is 32.2. The SMILES string of the molecule is CS(=O)(=O)[C@H]1[C@H](c2ccccc2)C1(CO)CO. The van der Waals surface area contributed by atoms with Crippen LogP contribution in [0.5, 0.6) is 0 Å². The second-order valence-electron chi connectivity index (χ2n) is 4.69. The molecular formula is C12H16O4S.